The molecule has 0 unspecified atom stereocenters. The molecule has 0 aromatic heterocycles. The largest absolute Gasteiger partial charge is 0.494 e. The molecule has 1 fully saturated rings. The molecule has 1 heterocycles. The van der Waals surface area contributed by atoms with Gasteiger partial charge >= 0.3 is 5.97 Å². The van der Waals surface area contributed by atoms with Crippen LogP contribution in [0.25, 0.3) is 11.1 Å². The number of amidine groups is 1. The Hall–Kier alpha value is -4.04. The molecule has 212 valence electrons. The summed E-state index contributed by atoms with van der Waals surface area (Å²) in [5, 5.41) is 7.54. The molecule has 9 heteroatoms. The van der Waals surface area contributed by atoms with E-state index in [1.807, 2.05) is 78.9 Å². The number of hydrogen-bond donors (Lipinski definition) is 2. The number of esters is 1. The van der Waals surface area contributed by atoms with Gasteiger partial charge in [-0.25, -0.2) is 0 Å². The Morgan fingerprint density at radius 2 is 1.55 bits per heavy atom. The third-order valence-corrected chi connectivity index (χ3v) is 7.08. The van der Waals surface area contributed by atoms with Crippen LogP contribution in [0.2, 0.25) is 0 Å². The summed E-state index contributed by atoms with van der Waals surface area (Å²) in [5.41, 5.74) is 7.00. The van der Waals surface area contributed by atoms with Crippen LogP contribution in [-0.4, -0.2) is 55.5 Å². The Morgan fingerprint density at radius 1 is 0.950 bits per heavy atom. The Balaban J connectivity index is 0.00000441. The molecule has 0 spiro atoms. The SMILES string of the molecule is COC(=O)[C@@]1(C)C[C@@H](COc2ccc(-c3ccc(C(=N)N)cc3)cc2)N(CCCCOc2ccccc2)C1=O.Cl. The number of unbranched alkanes of at least 4 members (excludes halogenated alkanes) is 1. The Bertz CT molecular complexity index is 1280. The Labute approximate surface area is 241 Å². The lowest BCUT2D eigenvalue weighted by atomic mass is 9.87. The number of carbonyl (C=O) groups excluding carboxylic acids is 2. The zero-order valence-corrected chi connectivity index (χ0v) is 23.6. The molecule has 1 amide bonds. The average molecular weight is 566 g/mol. The number of nitrogens with two attached hydrogens (primary N) is 1. The van der Waals surface area contributed by atoms with Crippen molar-refractivity contribution in [1.82, 2.24) is 4.90 Å². The van der Waals surface area contributed by atoms with E-state index in [-0.39, 0.29) is 36.8 Å². The fourth-order valence-corrected chi connectivity index (χ4v) is 4.85. The highest BCUT2D eigenvalue weighted by molar-refractivity contribution is 6.04. The van der Waals surface area contributed by atoms with Gasteiger partial charge in [0.2, 0.25) is 5.91 Å². The number of likely N-dealkylation sites (tertiary alicyclic amines) is 1. The van der Waals surface area contributed by atoms with Crippen LogP contribution in [0.5, 0.6) is 11.5 Å². The summed E-state index contributed by atoms with van der Waals surface area (Å²) in [4.78, 5) is 27.6. The first-order valence-electron chi connectivity index (χ1n) is 13.1. The number of methoxy groups -OCH3 is 1. The monoisotopic (exact) mass is 565 g/mol. The minimum atomic E-state index is -1.22. The topological polar surface area (TPSA) is 115 Å². The zero-order valence-electron chi connectivity index (χ0n) is 22.8. The van der Waals surface area contributed by atoms with Crippen molar-refractivity contribution >= 4 is 30.1 Å². The van der Waals surface area contributed by atoms with E-state index in [0.717, 1.165) is 29.7 Å². The number of amides is 1. The van der Waals surface area contributed by atoms with E-state index in [4.69, 9.17) is 25.4 Å². The number of ether oxygens (including phenoxy) is 3. The molecule has 1 aliphatic rings. The molecule has 3 aromatic rings. The van der Waals surface area contributed by atoms with Gasteiger partial charge in [-0.1, -0.05) is 54.6 Å². The molecule has 0 saturated carbocycles. The maximum Gasteiger partial charge on any atom is 0.321 e. The third kappa shape index (κ3) is 7.12. The fourth-order valence-electron chi connectivity index (χ4n) is 4.85. The number of benzene rings is 3. The van der Waals surface area contributed by atoms with E-state index in [1.165, 1.54) is 7.11 Å². The molecule has 1 aliphatic heterocycles. The zero-order chi connectivity index (χ0) is 27.8. The molecular formula is C31H36ClN3O5. The minimum Gasteiger partial charge on any atom is -0.494 e. The number of nitrogens with one attached hydrogen (secondary N) is 1. The van der Waals surface area contributed by atoms with Gasteiger partial charge in [0.05, 0.1) is 19.8 Å². The molecule has 4 rings (SSSR count). The quantitative estimate of drug-likeness (QED) is 0.104. The molecule has 0 radical (unpaired) electrons. The highest BCUT2D eigenvalue weighted by atomic mass is 35.5. The third-order valence-electron chi connectivity index (χ3n) is 7.08. The summed E-state index contributed by atoms with van der Waals surface area (Å²) in [6.07, 6.45) is 1.85. The van der Waals surface area contributed by atoms with Crippen LogP contribution in [0.1, 0.15) is 31.7 Å². The van der Waals surface area contributed by atoms with Crippen LogP contribution in [0.15, 0.2) is 78.9 Å². The van der Waals surface area contributed by atoms with Gasteiger partial charge in [-0.05, 0) is 61.6 Å². The van der Waals surface area contributed by atoms with Crippen molar-refractivity contribution in [3.63, 3.8) is 0 Å². The van der Waals surface area contributed by atoms with Crippen LogP contribution in [-0.2, 0) is 14.3 Å². The molecule has 2 atom stereocenters. The molecule has 3 aromatic carbocycles. The van der Waals surface area contributed by atoms with E-state index in [2.05, 4.69) is 0 Å². The number of para-hydroxylation sites is 1. The maximum atomic E-state index is 13.3. The first-order valence-corrected chi connectivity index (χ1v) is 13.1. The van der Waals surface area contributed by atoms with E-state index in [9.17, 15) is 9.59 Å². The van der Waals surface area contributed by atoms with Crippen LogP contribution in [0, 0.1) is 10.8 Å². The molecule has 3 N–H and O–H groups in total. The first kappa shape index (κ1) is 30.5. The summed E-state index contributed by atoms with van der Waals surface area (Å²) < 4.78 is 16.8. The maximum absolute atomic E-state index is 13.3. The first-order chi connectivity index (χ1) is 18.8. The van der Waals surface area contributed by atoms with Gasteiger partial charge in [-0.2, -0.15) is 0 Å². The highest BCUT2D eigenvalue weighted by Gasteiger charge is 2.54. The second-order valence-corrected chi connectivity index (χ2v) is 9.88. The van der Waals surface area contributed by atoms with Gasteiger partial charge in [-0.15, -0.1) is 12.4 Å². The number of halogens is 1. The predicted molar refractivity (Wildman–Crippen MR) is 157 cm³/mol. The van der Waals surface area contributed by atoms with Gasteiger partial charge in [-0.3, -0.25) is 15.0 Å². The number of hydrogen-bond acceptors (Lipinski definition) is 6. The Kier molecular flexibility index (Phi) is 10.6. The second-order valence-electron chi connectivity index (χ2n) is 9.88. The van der Waals surface area contributed by atoms with Crippen molar-refractivity contribution in [3.05, 3.63) is 84.4 Å². The lowest BCUT2D eigenvalue weighted by Crippen LogP contribution is -2.41. The van der Waals surface area contributed by atoms with E-state index in [0.29, 0.717) is 30.9 Å². The van der Waals surface area contributed by atoms with Crippen LogP contribution in [0.4, 0.5) is 0 Å². The van der Waals surface area contributed by atoms with Crippen molar-refractivity contribution < 1.29 is 23.8 Å². The Morgan fingerprint density at radius 3 is 2.15 bits per heavy atom. The number of nitrogen functional groups attached to an aromatic ring is 1. The average Bonchev–Trinajstić information content (AvgIpc) is 3.21. The molecule has 0 bridgehead atoms. The molecular weight excluding hydrogens is 530 g/mol. The van der Waals surface area contributed by atoms with Gasteiger partial charge in [0.25, 0.3) is 0 Å². The number of carbonyl (C=O) groups is 2. The second kappa shape index (κ2) is 13.8. The van der Waals surface area contributed by atoms with Crippen molar-refractivity contribution in [2.45, 2.75) is 32.2 Å². The summed E-state index contributed by atoms with van der Waals surface area (Å²) in [6.45, 7) is 2.97. The van der Waals surface area contributed by atoms with Crippen LogP contribution in [0.3, 0.4) is 0 Å². The van der Waals surface area contributed by atoms with Crippen molar-refractivity contribution in [2.75, 3.05) is 26.9 Å². The molecule has 40 heavy (non-hydrogen) atoms. The van der Waals surface area contributed by atoms with Crippen LogP contribution < -0.4 is 15.2 Å². The lowest BCUT2D eigenvalue weighted by molar-refractivity contribution is -0.157. The molecule has 0 aliphatic carbocycles. The fraction of sp³-hybridized carbons (Fsp3) is 0.323. The minimum absolute atomic E-state index is 0. The highest BCUT2D eigenvalue weighted by Crippen LogP contribution is 2.37. The van der Waals surface area contributed by atoms with Gasteiger partial charge in [0.15, 0.2) is 0 Å². The lowest BCUT2D eigenvalue weighted by Gasteiger charge is -2.25. The van der Waals surface area contributed by atoms with Crippen molar-refractivity contribution in [1.29, 1.82) is 5.41 Å². The normalized spacial score (nSPS) is 18.1. The van der Waals surface area contributed by atoms with Gasteiger partial charge < -0.3 is 24.8 Å². The van der Waals surface area contributed by atoms with Crippen LogP contribution >= 0.6 is 12.4 Å². The van der Waals surface area contributed by atoms with Crippen molar-refractivity contribution in [3.8, 4) is 22.6 Å². The summed E-state index contributed by atoms with van der Waals surface area (Å²) >= 11 is 0. The number of rotatable bonds is 12. The predicted octanol–water partition coefficient (Wildman–Crippen LogP) is 5.08. The summed E-state index contributed by atoms with van der Waals surface area (Å²) in [5.74, 6) is 0.783. The molecule has 1 saturated heterocycles. The van der Waals surface area contributed by atoms with E-state index >= 15 is 0 Å². The van der Waals surface area contributed by atoms with Gasteiger partial charge in [0, 0.05) is 12.1 Å². The van der Waals surface area contributed by atoms with Gasteiger partial charge in [0.1, 0.15) is 29.4 Å². The standard InChI is InChI=1S/C31H35N3O5.ClH/c1-31(30(36)37-2)20-25(34(29(31)35)18-6-7-19-38-26-8-4-3-5-9-26)21-39-27-16-14-23(15-17-27)22-10-12-24(13-11-22)28(32)33;/h3-5,8-17,25H,6-7,18-21H2,1-2H3,(H3,32,33);1H/t25-,31-;/m0./s1. The van der Waals surface area contributed by atoms with E-state index < -0.39 is 11.4 Å². The molecule has 8 nitrogen and oxygen atoms in total. The van der Waals surface area contributed by atoms with Crippen molar-refractivity contribution in [2.24, 2.45) is 11.1 Å². The smallest absolute Gasteiger partial charge is 0.321 e. The van der Waals surface area contributed by atoms with E-state index in [1.54, 1.807) is 11.8 Å². The summed E-state index contributed by atoms with van der Waals surface area (Å²) in [7, 11) is 1.31. The number of nitrogens with zero attached hydrogens (tertiary/aromatic N) is 1. The summed E-state index contributed by atoms with van der Waals surface area (Å²) in [6, 6.07) is 24.5.